The fourth-order valence-electron chi connectivity index (χ4n) is 2.19. The first kappa shape index (κ1) is 14.6. The summed E-state index contributed by atoms with van der Waals surface area (Å²) in [6.45, 7) is 5.13. The largest absolute Gasteiger partial charge is 0.496 e. The summed E-state index contributed by atoms with van der Waals surface area (Å²) in [5.41, 5.74) is 3.71. The van der Waals surface area contributed by atoms with E-state index in [4.69, 9.17) is 4.74 Å². The fraction of sp³-hybridized carbons (Fsp3) is 0.333. The van der Waals surface area contributed by atoms with Crippen molar-refractivity contribution in [3.05, 3.63) is 50.1 Å². The molecule has 0 radical (unpaired) electrons. The van der Waals surface area contributed by atoms with E-state index in [1.54, 1.807) is 18.4 Å². The van der Waals surface area contributed by atoms with Crippen molar-refractivity contribution >= 4 is 27.3 Å². The normalized spacial score (nSPS) is 12.4. The average molecular weight is 340 g/mol. The zero-order chi connectivity index (χ0) is 13.8. The van der Waals surface area contributed by atoms with Gasteiger partial charge in [0, 0.05) is 9.85 Å². The Hall–Kier alpha value is -0.840. The average Bonchev–Trinajstić information content (AvgIpc) is 2.82. The molecule has 0 bridgehead atoms. The van der Waals surface area contributed by atoms with Crippen LogP contribution in [0.15, 0.2) is 33.4 Å². The second-order valence-electron chi connectivity index (χ2n) is 4.39. The van der Waals surface area contributed by atoms with E-state index in [1.165, 1.54) is 11.1 Å². The first-order chi connectivity index (χ1) is 9.17. The molecule has 0 aliphatic heterocycles. The minimum absolute atomic E-state index is 0.218. The van der Waals surface area contributed by atoms with Crippen molar-refractivity contribution in [3.63, 3.8) is 0 Å². The molecule has 1 unspecified atom stereocenters. The quantitative estimate of drug-likeness (QED) is 0.864. The van der Waals surface area contributed by atoms with Crippen LogP contribution in [-0.4, -0.2) is 13.7 Å². The Labute approximate surface area is 126 Å². The number of ether oxygens (including phenoxy) is 1. The first-order valence-corrected chi connectivity index (χ1v) is 8.00. The highest BCUT2D eigenvalue weighted by Gasteiger charge is 2.17. The van der Waals surface area contributed by atoms with Crippen LogP contribution in [0.4, 0.5) is 0 Å². The topological polar surface area (TPSA) is 21.3 Å². The van der Waals surface area contributed by atoms with Gasteiger partial charge >= 0.3 is 0 Å². The van der Waals surface area contributed by atoms with E-state index in [0.717, 1.165) is 22.3 Å². The van der Waals surface area contributed by atoms with Gasteiger partial charge in [-0.05, 0) is 57.5 Å². The monoisotopic (exact) mass is 339 g/mol. The molecule has 0 saturated heterocycles. The lowest BCUT2D eigenvalue weighted by molar-refractivity contribution is 0.411. The van der Waals surface area contributed by atoms with Gasteiger partial charge in [0.05, 0.1) is 13.2 Å². The molecule has 1 atom stereocenters. The number of rotatable bonds is 5. The molecule has 0 amide bonds. The van der Waals surface area contributed by atoms with Gasteiger partial charge in [-0.1, -0.05) is 19.1 Å². The third-order valence-corrected chi connectivity index (χ3v) is 4.87. The van der Waals surface area contributed by atoms with Crippen molar-refractivity contribution in [1.29, 1.82) is 0 Å². The van der Waals surface area contributed by atoms with Gasteiger partial charge < -0.3 is 10.1 Å². The van der Waals surface area contributed by atoms with Crippen LogP contribution in [0.5, 0.6) is 5.75 Å². The second kappa shape index (κ2) is 6.55. The Kier molecular flexibility index (Phi) is 5.02. The van der Waals surface area contributed by atoms with Gasteiger partial charge in [-0.3, -0.25) is 0 Å². The highest BCUT2D eigenvalue weighted by Crippen LogP contribution is 2.33. The van der Waals surface area contributed by atoms with Gasteiger partial charge in [0.15, 0.2) is 0 Å². The minimum atomic E-state index is 0.218. The van der Waals surface area contributed by atoms with Gasteiger partial charge in [-0.15, -0.1) is 0 Å². The number of aryl methyl sites for hydroxylation is 1. The molecule has 4 heteroatoms. The molecule has 1 N–H and O–H groups in total. The summed E-state index contributed by atoms with van der Waals surface area (Å²) in [5.74, 6) is 0.934. The SMILES string of the molecule is CCNC(c1ccc(OC)c(C)c1)c1cscc1Br. The summed E-state index contributed by atoms with van der Waals surface area (Å²) in [6, 6.07) is 6.57. The standard InChI is InChI=1S/C15H18BrNOS/c1-4-17-15(12-8-19-9-13(12)16)11-5-6-14(18-3)10(2)7-11/h5-9,15,17H,4H2,1-3H3. The Bertz CT molecular complexity index is 553. The van der Waals surface area contributed by atoms with Gasteiger partial charge in [-0.25, -0.2) is 0 Å². The van der Waals surface area contributed by atoms with E-state index >= 15 is 0 Å². The van der Waals surface area contributed by atoms with Gasteiger partial charge in [0.25, 0.3) is 0 Å². The zero-order valence-corrected chi connectivity index (χ0v) is 13.8. The van der Waals surface area contributed by atoms with Crippen molar-refractivity contribution < 1.29 is 4.74 Å². The number of hydrogen-bond acceptors (Lipinski definition) is 3. The summed E-state index contributed by atoms with van der Waals surface area (Å²) in [7, 11) is 1.71. The van der Waals surface area contributed by atoms with Crippen LogP contribution < -0.4 is 10.1 Å². The lowest BCUT2D eigenvalue weighted by atomic mass is 9.99. The van der Waals surface area contributed by atoms with Crippen LogP contribution in [0.1, 0.15) is 29.7 Å². The molecule has 0 saturated carbocycles. The van der Waals surface area contributed by atoms with Crippen LogP contribution in [-0.2, 0) is 0 Å². The molecule has 1 aromatic heterocycles. The maximum absolute atomic E-state index is 5.33. The third-order valence-electron chi connectivity index (χ3n) is 3.11. The summed E-state index contributed by atoms with van der Waals surface area (Å²) < 4.78 is 6.49. The van der Waals surface area contributed by atoms with E-state index in [1.807, 2.05) is 6.07 Å². The molecule has 102 valence electrons. The summed E-state index contributed by atoms with van der Waals surface area (Å²) in [4.78, 5) is 0. The van der Waals surface area contributed by atoms with Crippen molar-refractivity contribution in [3.8, 4) is 5.75 Å². The molecule has 2 rings (SSSR count). The van der Waals surface area contributed by atoms with Crippen LogP contribution in [0.25, 0.3) is 0 Å². The molecule has 19 heavy (non-hydrogen) atoms. The number of nitrogens with one attached hydrogen (secondary N) is 1. The molecule has 2 nitrogen and oxygen atoms in total. The lowest BCUT2D eigenvalue weighted by Gasteiger charge is -2.19. The predicted octanol–water partition coefficient (Wildman–Crippen LogP) is 4.53. The zero-order valence-electron chi connectivity index (χ0n) is 11.4. The predicted molar refractivity (Wildman–Crippen MR) is 85.3 cm³/mol. The molecule has 1 aromatic carbocycles. The van der Waals surface area contributed by atoms with Crippen molar-refractivity contribution in [2.45, 2.75) is 19.9 Å². The number of thiophene rings is 1. The number of hydrogen-bond donors (Lipinski definition) is 1. The van der Waals surface area contributed by atoms with E-state index in [-0.39, 0.29) is 6.04 Å². The van der Waals surface area contributed by atoms with Gasteiger partial charge in [-0.2, -0.15) is 11.3 Å². The molecule has 0 fully saturated rings. The van der Waals surface area contributed by atoms with E-state index in [9.17, 15) is 0 Å². The van der Waals surface area contributed by atoms with Crippen LogP contribution in [0, 0.1) is 6.92 Å². The fourth-order valence-corrected chi connectivity index (χ4v) is 3.74. The highest BCUT2D eigenvalue weighted by atomic mass is 79.9. The molecular formula is C15H18BrNOS. The summed E-state index contributed by atoms with van der Waals surface area (Å²) in [5, 5.41) is 7.86. The number of benzene rings is 1. The van der Waals surface area contributed by atoms with E-state index in [2.05, 4.69) is 58.0 Å². The molecule has 1 heterocycles. The Morgan fingerprint density at radius 1 is 1.37 bits per heavy atom. The van der Waals surface area contributed by atoms with Gasteiger partial charge in [0.1, 0.15) is 5.75 Å². The number of methoxy groups -OCH3 is 1. The molecule has 0 aliphatic rings. The van der Waals surface area contributed by atoms with Crippen LogP contribution in [0.2, 0.25) is 0 Å². The molecule has 2 aromatic rings. The Balaban J connectivity index is 2.39. The van der Waals surface area contributed by atoms with Crippen molar-refractivity contribution in [2.24, 2.45) is 0 Å². The Morgan fingerprint density at radius 2 is 2.16 bits per heavy atom. The Morgan fingerprint density at radius 3 is 2.68 bits per heavy atom. The number of halogens is 1. The molecule has 0 spiro atoms. The maximum atomic E-state index is 5.33. The molecular weight excluding hydrogens is 322 g/mol. The van der Waals surface area contributed by atoms with Crippen LogP contribution >= 0.6 is 27.3 Å². The van der Waals surface area contributed by atoms with Gasteiger partial charge in [0.2, 0.25) is 0 Å². The maximum Gasteiger partial charge on any atom is 0.121 e. The smallest absolute Gasteiger partial charge is 0.121 e. The van der Waals surface area contributed by atoms with E-state index < -0.39 is 0 Å². The minimum Gasteiger partial charge on any atom is -0.496 e. The summed E-state index contributed by atoms with van der Waals surface area (Å²) >= 11 is 5.34. The second-order valence-corrected chi connectivity index (χ2v) is 5.99. The van der Waals surface area contributed by atoms with Crippen molar-refractivity contribution in [2.75, 3.05) is 13.7 Å². The van der Waals surface area contributed by atoms with E-state index in [0.29, 0.717) is 0 Å². The van der Waals surface area contributed by atoms with Crippen LogP contribution in [0.3, 0.4) is 0 Å². The molecule has 0 aliphatic carbocycles. The van der Waals surface area contributed by atoms with Crippen molar-refractivity contribution in [1.82, 2.24) is 5.32 Å². The summed E-state index contributed by atoms with van der Waals surface area (Å²) in [6.07, 6.45) is 0. The third kappa shape index (κ3) is 3.19. The highest BCUT2D eigenvalue weighted by molar-refractivity contribution is 9.10. The lowest BCUT2D eigenvalue weighted by Crippen LogP contribution is -2.21. The first-order valence-electron chi connectivity index (χ1n) is 6.26.